The highest BCUT2D eigenvalue weighted by atomic mass is 32.2. The van der Waals surface area contributed by atoms with Gasteiger partial charge in [0.25, 0.3) is 10.2 Å². The molecule has 0 atom stereocenters. The molecule has 1 rings (SSSR count). The molecule has 0 saturated carbocycles. The quantitative estimate of drug-likeness (QED) is 0.499. The van der Waals surface area contributed by atoms with Gasteiger partial charge in [-0.3, -0.25) is 4.72 Å². The van der Waals surface area contributed by atoms with Crippen LogP contribution in [0.15, 0.2) is 18.2 Å². The van der Waals surface area contributed by atoms with E-state index in [1.807, 2.05) is 0 Å². The van der Waals surface area contributed by atoms with Gasteiger partial charge in [-0.25, -0.2) is 4.39 Å². The second-order valence-corrected chi connectivity index (χ2v) is 5.46. The summed E-state index contributed by atoms with van der Waals surface area (Å²) < 4.78 is 46.0. The van der Waals surface area contributed by atoms with Crippen molar-refractivity contribution in [2.24, 2.45) is 5.73 Å². The molecule has 0 aliphatic rings. The van der Waals surface area contributed by atoms with Crippen molar-refractivity contribution in [3.05, 3.63) is 29.6 Å². The van der Waals surface area contributed by atoms with Gasteiger partial charge in [-0.2, -0.15) is 13.1 Å². The summed E-state index contributed by atoms with van der Waals surface area (Å²) in [6, 6.07) is 3.86. The number of anilines is 1. The average molecular weight is 307 g/mol. The van der Waals surface area contributed by atoms with Crippen molar-refractivity contribution in [3.8, 4) is 0 Å². The zero-order valence-corrected chi connectivity index (χ0v) is 11.8. The highest BCUT2D eigenvalue weighted by Gasteiger charge is 2.16. The van der Waals surface area contributed by atoms with Gasteiger partial charge in [0.15, 0.2) is 0 Å². The minimum Gasteiger partial charge on any atom is -0.389 e. The molecule has 1 aromatic carbocycles. The fourth-order valence-corrected chi connectivity index (χ4v) is 2.41. The van der Waals surface area contributed by atoms with Gasteiger partial charge in [0.1, 0.15) is 10.8 Å². The van der Waals surface area contributed by atoms with E-state index in [-0.39, 0.29) is 29.4 Å². The summed E-state index contributed by atoms with van der Waals surface area (Å²) >= 11 is 4.70. The smallest absolute Gasteiger partial charge is 0.299 e. The molecule has 0 fully saturated rings. The van der Waals surface area contributed by atoms with Crippen molar-refractivity contribution in [2.75, 3.05) is 25.0 Å². The van der Waals surface area contributed by atoms with Gasteiger partial charge < -0.3 is 10.5 Å². The lowest BCUT2D eigenvalue weighted by molar-refractivity contribution is 0.204. The van der Waals surface area contributed by atoms with E-state index >= 15 is 0 Å². The molecule has 0 spiro atoms. The Bertz CT molecular complexity index is 563. The fraction of sp³-hybridized carbons (Fsp3) is 0.300. The highest BCUT2D eigenvalue weighted by molar-refractivity contribution is 7.90. The third kappa shape index (κ3) is 4.71. The molecule has 106 valence electrons. The van der Waals surface area contributed by atoms with Crippen molar-refractivity contribution in [1.29, 1.82) is 0 Å². The second-order valence-electron chi connectivity index (χ2n) is 3.52. The summed E-state index contributed by atoms with van der Waals surface area (Å²) in [4.78, 5) is -0.229. The summed E-state index contributed by atoms with van der Waals surface area (Å²) in [6.45, 7) is 0.301. The van der Waals surface area contributed by atoms with E-state index in [0.29, 0.717) is 0 Å². The third-order valence-electron chi connectivity index (χ3n) is 2.10. The zero-order valence-electron chi connectivity index (χ0n) is 10.1. The number of thiocarbonyl (C=S) groups is 1. The van der Waals surface area contributed by atoms with Crippen LogP contribution >= 0.6 is 12.2 Å². The van der Waals surface area contributed by atoms with Gasteiger partial charge in [-0.15, -0.1) is 0 Å². The van der Waals surface area contributed by atoms with Gasteiger partial charge in [0.05, 0.1) is 17.9 Å². The van der Waals surface area contributed by atoms with Crippen LogP contribution in [0.25, 0.3) is 0 Å². The van der Waals surface area contributed by atoms with E-state index in [2.05, 4.69) is 9.44 Å². The Labute approximate surface area is 116 Å². The van der Waals surface area contributed by atoms with E-state index in [4.69, 9.17) is 22.7 Å². The Morgan fingerprint density at radius 1 is 1.53 bits per heavy atom. The van der Waals surface area contributed by atoms with Gasteiger partial charge in [-0.1, -0.05) is 18.3 Å². The molecule has 9 heteroatoms. The minimum absolute atomic E-state index is 0.0163. The number of nitrogens with two attached hydrogens (primary N) is 1. The maximum Gasteiger partial charge on any atom is 0.299 e. The predicted molar refractivity (Wildman–Crippen MR) is 74.7 cm³/mol. The number of halogens is 1. The Hall–Kier alpha value is -1.29. The van der Waals surface area contributed by atoms with Crippen LogP contribution in [0, 0.1) is 5.82 Å². The molecule has 4 N–H and O–H groups in total. The predicted octanol–water partition coefficient (Wildman–Crippen LogP) is 0.353. The van der Waals surface area contributed by atoms with Crippen molar-refractivity contribution >= 4 is 33.1 Å². The molecular weight excluding hydrogens is 293 g/mol. The fourth-order valence-electron chi connectivity index (χ4n) is 1.32. The standard InChI is InChI=1S/C10H14FN3O3S2/c1-17-6-5-13-19(15,16)14-8-4-2-3-7(11)9(8)10(12)18/h2-4,13-14H,5-6H2,1H3,(H2,12,18). The number of methoxy groups -OCH3 is 1. The Morgan fingerprint density at radius 2 is 2.21 bits per heavy atom. The number of benzene rings is 1. The Kier molecular flexibility index (Phi) is 5.60. The first-order valence-corrected chi connectivity index (χ1v) is 7.11. The first-order valence-electron chi connectivity index (χ1n) is 5.22. The van der Waals surface area contributed by atoms with E-state index < -0.39 is 16.0 Å². The van der Waals surface area contributed by atoms with Crippen LogP contribution in [0.1, 0.15) is 5.56 Å². The molecule has 0 aliphatic heterocycles. The SMILES string of the molecule is COCCNS(=O)(=O)Nc1cccc(F)c1C(N)=S. The highest BCUT2D eigenvalue weighted by Crippen LogP contribution is 2.19. The zero-order chi connectivity index (χ0) is 14.5. The number of rotatable bonds is 7. The summed E-state index contributed by atoms with van der Waals surface area (Å²) in [7, 11) is -2.40. The molecule has 0 amide bonds. The lowest BCUT2D eigenvalue weighted by atomic mass is 10.2. The van der Waals surface area contributed by atoms with Crippen molar-refractivity contribution in [3.63, 3.8) is 0 Å². The van der Waals surface area contributed by atoms with Gasteiger partial charge in [-0.05, 0) is 12.1 Å². The van der Waals surface area contributed by atoms with E-state index in [0.717, 1.165) is 6.07 Å². The first-order chi connectivity index (χ1) is 8.87. The number of hydrogen-bond acceptors (Lipinski definition) is 4. The topological polar surface area (TPSA) is 93.4 Å². The van der Waals surface area contributed by atoms with E-state index in [1.165, 1.54) is 19.2 Å². The van der Waals surface area contributed by atoms with Crippen molar-refractivity contribution < 1.29 is 17.5 Å². The second kappa shape index (κ2) is 6.75. The molecule has 0 radical (unpaired) electrons. The molecule has 0 heterocycles. The molecule has 19 heavy (non-hydrogen) atoms. The summed E-state index contributed by atoms with van der Waals surface area (Å²) in [5, 5.41) is 0. The van der Waals surface area contributed by atoms with Crippen LogP contribution < -0.4 is 15.2 Å². The molecule has 0 saturated heterocycles. The lowest BCUT2D eigenvalue weighted by Gasteiger charge is -2.12. The van der Waals surface area contributed by atoms with Crippen LogP contribution in [0.4, 0.5) is 10.1 Å². The average Bonchev–Trinajstić information content (AvgIpc) is 2.27. The van der Waals surface area contributed by atoms with E-state index in [9.17, 15) is 12.8 Å². The summed E-state index contributed by atoms with van der Waals surface area (Å²) in [5.74, 6) is -0.690. The van der Waals surface area contributed by atoms with Crippen LogP contribution in [-0.2, 0) is 14.9 Å². The summed E-state index contributed by atoms with van der Waals surface area (Å²) in [6.07, 6.45) is 0. The number of hydrogen-bond donors (Lipinski definition) is 3. The van der Waals surface area contributed by atoms with Crippen LogP contribution in [0.3, 0.4) is 0 Å². The maximum absolute atomic E-state index is 13.5. The molecule has 0 bridgehead atoms. The van der Waals surface area contributed by atoms with Gasteiger partial charge in [0, 0.05) is 13.7 Å². The third-order valence-corrected chi connectivity index (χ3v) is 3.38. The molecule has 6 nitrogen and oxygen atoms in total. The van der Waals surface area contributed by atoms with Crippen LogP contribution in [-0.4, -0.2) is 33.7 Å². The van der Waals surface area contributed by atoms with Crippen molar-refractivity contribution in [2.45, 2.75) is 0 Å². The maximum atomic E-state index is 13.5. The minimum atomic E-state index is -3.84. The number of nitrogens with one attached hydrogen (secondary N) is 2. The molecule has 1 aromatic rings. The summed E-state index contributed by atoms with van der Waals surface area (Å²) in [5.41, 5.74) is 5.21. The Balaban J connectivity index is 2.93. The number of ether oxygens (including phenoxy) is 1. The van der Waals surface area contributed by atoms with Gasteiger partial charge in [0.2, 0.25) is 0 Å². The monoisotopic (exact) mass is 307 g/mol. The Morgan fingerprint density at radius 3 is 2.79 bits per heavy atom. The molecule has 0 aromatic heterocycles. The molecule has 0 aliphatic carbocycles. The molecular formula is C10H14FN3O3S2. The first kappa shape index (κ1) is 15.8. The normalized spacial score (nSPS) is 11.3. The lowest BCUT2D eigenvalue weighted by Crippen LogP contribution is -2.33. The van der Waals surface area contributed by atoms with Crippen LogP contribution in [0.5, 0.6) is 0 Å². The van der Waals surface area contributed by atoms with Crippen LogP contribution in [0.2, 0.25) is 0 Å². The largest absolute Gasteiger partial charge is 0.389 e. The van der Waals surface area contributed by atoms with E-state index in [1.54, 1.807) is 0 Å². The van der Waals surface area contributed by atoms with Crippen molar-refractivity contribution in [1.82, 2.24) is 4.72 Å². The van der Waals surface area contributed by atoms with Gasteiger partial charge >= 0.3 is 0 Å². The molecule has 0 unspecified atom stereocenters.